The van der Waals surface area contributed by atoms with E-state index in [1.807, 2.05) is 62.5 Å². The summed E-state index contributed by atoms with van der Waals surface area (Å²) < 4.78 is 11.2. The van der Waals surface area contributed by atoms with E-state index in [-0.39, 0.29) is 0 Å². The largest absolute Gasteiger partial charge is 0.490 e. The van der Waals surface area contributed by atoms with E-state index in [2.05, 4.69) is 10.3 Å². The van der Waals surface area contributed by atoms with Crippen molar-refractivity contribution in [3.63, 3.8) is 0 Å². The molecule has 1 aromatic heterocycles. The van der Waals surface area contributed by atoms with Crippen LogP contribution in [0.3, 0.4) is 0 Å². The van der Waals surface area contributed by atoms with Crippen LogP contribution in [-0.2, 0) is 17.8 Å². The maximum atomic E-state index is 11.8. The molecule has 2 aromatic carbocycles. The molecule has 0 aliphatic rings. The fourth-order valence-corrected chi connectivity index (χ4v) is 3.21. The number of hydrogen-bond acceptors (Lipinski definition) is 4. The lowest BCUT2D eigenvalue weighted by atomic mass is 10.0. The van der Waals surface area contributed by atoms with Crippen molar-refractivity contribution in [3.05, 3.63) is 59.8 Å². The first kappa shape index (κ1) is 19.8. The van der Waals surface area contributed by atoms with Crippen LogP contribution in [0.4, 0.5) is 0 Å². The summed E-state index contributed by atoms with van der Waals surface area (Å²) >= 11 is 0. The minimum atomic E-state index is -0.874. The molecule has 0 radical (unpaired) electrons. The fourth-order valence-electron chi connectivity index (χ4n) is 3.21. The van der Waals surface area contributed by atoms with Crippen LogP contribution < -0.4 is 14.8 Å². The van der Waals surface area contributed by atoms with E-state index in [0.29, 0.717) is 37.7 Å². The molecule has 3 aromatic rings. The minimum absolute atomic E-state index is 0.398. The maximum Gasteiger partial charge on any atom is 0.321 e. The van der Waals surface area contributed by atoms with Crippen LogP contribution in [0.5, 0.6) is 11.5 Å². The molecule has 1 atom stereocenters. The van der Waals surface area contributed by atoms with Gasteiger partial charge in [-0.15, -0.1) is 0 Å². The van der Waals surface area contributed by atoms with Gasteiger partial charge in [-0.3, -0.25) is 4.79 Å². The molecule has 0 saturated carbocycles. The van der Waals surface area contributed by atoms with Gasteiger partial charge in [0.15, 0.2) is 11.5 Å². The molecule has 0 unspecified atom stereocenters. The maximum absolute atomic E-state index is 11.8. The summed E-state index contributed by atoms with van der Waals surface area (Å²) in [5.74, 6) is 0.495. The van der Waals surface area contributed by atoms with Gasteiger partial charge in [-0.25, -0.2) is 0 Å². The second-order valence-corrected chi connectivity index (χ2v) is 6.48. The molecule has 6 heteroatoms. The Labute approximate surface area is 164 Å². The van der Waals surface area contributed by atoms with Crippen molar-refractivity contribution in [3.8, 4) is 11.5 Å². The predicted octanol–water partition coefficient (Wildman–Crippen LogP) is 3.75. The monoisotopic (exact) mass is 382 g/mol. The molecule has 28 heavy (non-hydrogen) atoms. The highest BCUT2D eigenvalue weighted by atomic mass is 16.5. The van der Waals surface area contributed by atoms with Crippen LogP contribution in [0.25, 0.3) is 10.9 Å². The number of hydrogen-bond donors (Lipinski definition) is 3. The van der Waals surface area contributed by atoms with Crippen LogP contribution in [0.2, 0.25) is 0 Å². The Morgan fingerprint density at radius 3 is 2.61 bits per heavy atom. The highest BCUT2D eigenvalue weighted by molar-refractivity contribution is 5.84. The van der Waals surface area contributed by atoms with Crippen molar-refractivity contribution in [2.75, 3.05) is 13.2 Å². The van der Waals surface area contributed by atoms with Crippen molar-refractivity contribution in [2.45, 2.75) is 32.9 Å². The van der Waals surface area contributed by atoms with E-state index in [1.165, 1.54) is 0 Å². The van der Waals surface area contributed by atoms with Crippen LogP contribution in [-0.4, -0.2) is 35.3 Å². The van der Waals surface area contributed by atoms with Crippen molar-refractivity contribution >= 4 is 16.9 Å². The van der Waals surface area contributed by atoms with Crippen molar-refractivity contribution in [1.82, 2.24) is 10.3 Å². The van der Waals surface area contributed by atoms with Gasteiger partial charge in [0.1, 0.15) is 6.04 Å². The van der Waals surface area contributed by atoms with Gasteiger partial charge in [0.2, 0.25) is 0 Å². The number of benzene rings is 2. The highest BCUT2D eigenvalue weighted by Gasteiger charge is 2.19. The van der Waals surface area contributed by atoms with E-state index < -0.39 is 12.0 Å². The molecule has 0 saturated heterocycles. The van der Waals surface area contributed by atoms with Crippen molar-refractivity contribution in [2.24, 2.45) is 0 Å². The summed E-state index contributed by atoms with van der Waals surface area (Å²) in [6.45, 7) is 5.36. The van der Waals surface area contributed by atoms with E-state index in [0.717, 1.165) is 22.0 Å². The first-order chi connectivity index (χ1) is 13.6. The number of aromatic amines is 1. The normalized spacial score (nSPS) is 12.1. The quantitative estimate of drug-likeness (QED) is 0.497. The molecule has 0 aliphatic carbocycles. The Balaban J connectivity index is 1.71. The molecular weight excluding hydrogens is 356 g/mol. The number of ether oxygens (including phenoxy) is 2. The number of para-hydroxylation sites is 1. The summed E-state index contributed by atoms with van der Waals surface area (Å²) in [6, 6.07) is 12.9. The molecule has 6 nitrogen and oxygen atoms in total. The number of nitrogens with one attached hydrogen (secondary N) is 2. The van der Waals surface area contributed by atoms with Crippen LogP contribution in [0.15, 0.2) is 48.7 Å². The van der Waals surface area contributed by atoms with Gasteiger partial charge in [0, 0.05) is 30.1 Å². The number of aromatic nitrogens is 1. The lowest BCUT2D eigenvalue weighted by molar-refractivity contribution is -0.139. The van der Waals surface area contributed by atoms with Crippen LogP contribution in [0, 0.1) is 0 Å². The SMILES string of the molecule is CCOc1ccc(CN[C@H](Cc2c[nH]c3ccccc23)C(=O)O)cc1OCC. The molecule has 0 bridgehead atoms. The third-order valence-electron chi connectivity index (χ3n) is 4.56. The Kier molecular flexibility index (Phi) is 6.55. The Hall–Kier alpha value is -2.99. The number of H-pyrrole nitrogens is 1. The van der Waals surface area contributed by atoms with E-state index in [4.69, 9.17) is 9.47 Å². The molecular formula is C22H26N2O4. The fraction of sp³-hybridized carbons (Fsp3) is 0.318. The smallest absolute Gasteiger partial charge is 0.321 e. The summed E-state index contributed by atoms with van der Waals surface area (Å²) in [4.78, 5) is 15.0. The Bertz CT molecular complexity index is 935. The van der Waals surface area contributed by atoms with E-state index in [1.54, 1.807) is 0 Å². The number of aliphatic carboxylic acids is 1. The third kappa shape index (κ3) is 4.64. The van der Waals surface area contributed by atoms with Gasteiger partial charge in [-0.2, -0.15) is 0 Å². The van der Waals surface area contributed by atoms with Crippen molar-refractivity contribution < 1.29 is 19.4 Å². The van der Waals surface area contributed by atoms with Gasteiger partial charge >= 0.3 is 5.97 Å². The molecule has 3 rings (SSSR count). The minimum Gasteiger partial charge on any atom is -0.490 e. The lowest BCUT2D eigenvalue weighted by Gasteiger charge is -2.16. The molecule has 0 fully saturated rings. The Morgan fingerprint density at radius 2 is 1.86 bits per heavy atom. The zero-order valence-electron chi connectivity index (χ0n) is 16.2. The number of rotatable bonds is 10. The van der Waals surface area contributed by atoms with Gasteiger partial charge < -0.3 is 24.9 Å². The second kappa shape index (κ2) is 9.28. The first-order valence-corrected chi connectivity index (χ1v) is 9.52. The van der Waals surface area contributed by atoms with Gasteiger partial charge in [0.05, 0.1) is 13.2 Å². The van der Waals surface area contributed by atoms with Crippen molar-refractivity contribution in [1.29, 1.82) is 0 Å². The predicted molar refractivity (Wildman–Crippen MR) is 109 cm³/mol. The molecule has 3 N–H and O–H groups in total. The molecule has 148 valence electrons. The van der Waals surface area contributed by atoms with Gasteiger partial charge in [0.25, 0.3) is 0 Å². The molecule has 0 amide bonds. The summed E-state index contributed by atoms with van der Waals surface area (Å²) in [7, 11) is 0. The number of carbonyl (C=O) groups is 1. The van der Waals surface area contributed by atoms with E-state index in [9.17, 15) is 9.90 Å². The number of carboxylic acid groups (broad SMARTS) is 1. The highest BCUT2D eigenvalue weighted by Crippen LogP contribution is 2.28. The lowest BCUT2D eigenvalue weighted by Crippen LogP contribution is -2.38. The summed E-state index contributed by atoms with van der Waals surface area (Å²) in [6.07, 6.45) is 2.28. The zero-order chi connectivity index (χ0) is 19.9. The first-order valence-electron chi connectivity index (χ1n) is 9.52. The Morgan fingerprint density at radius 1 is 1.11 bits per heavy atom. The van der Waals surface area contributed by atoms with Crippen LogP contribution in [0.1, 0.15) is 25.0 Å². The topological polar surface area (TPSA) is 83.6 Å². The molecule has 1 heterocycles. The number of carboxylic acids is 1. The number of fused-ring (bicyclic) bond motifs is 1. The average Bonchev–Trinajstić information content (AvgIpc) is 3.10. The molecule has 0 aliphatic heterocycles. The van der Waals surface area contributed by atoms with Gasteiger partial charge in [-0.05, 0) is 43.2 Å². The summed E-state index contributed by atoms with van der Waals surface area (Å²) in [5, 5.41) is 13.9. The van der Waals surface area contributed by atoms with Crippen LogP contribution >= 0.6 is 0 Å². The second-order valence-electron chi connectivity index (χ2n) is 6.48. The standard InChI is InChI=1S/C22H26N2O4/c1-3-27-20-10-9-15(11-21(20)28-4-2)13-23-19(22(25)26)12-16-14-24-18-8-6-5-7-17(16)18/h5-11,14,19,23-24H,3-4,12-13H2,1-2H3,(H,25,26)/t19-/m1/s1. The van der Waals surface area contributed by atoms with E-state index >= 15 is 0 Å². The average molecular weight is 382 g/mol. The third-order valence-corrected chi connectivity index (χ3v) is 4.56. The van der Waals surface area contributed by atoms with Gasteiger partial charge in [-0.1, -0.05) is 24.3 Å². The zero-order valence-corrected chi connectivity index (χ0v) is 16.2. The molecule has 0 spiro atoms. The summed E-state index contributed by atoms with van der Waals surface area (Å²) in [5.41, 5.74) is 2.93.